The van der Waals surface area contributed by atoms with Gasteiger partial charge in [0.25, 0.3) is 0 Å². The van der Waals surface area contributed by atoms with Gasteiger partial charge in [-0.25, -0.2) is 0 Å². The Hall–Kier alpha value is -1.60. The molecule has 16 heavy (non-hydrogen) atoms. The van der Waals surface area contributed by atoms with E-state index in [-0.39, 0.29) is 5.41 Å². The topological polar surface area (TPSA) is 51.8 Å². The van der Waals surface area contributed by atoms with E-state index < -0.39 is 0 Å². The summed E-state index contributed by atoms with van der Waals surface area (Å²) in [6.07, 6.45) is 0. The smallest absolute Gasteiger partial charge is 0.106 e. The van der Waals surface area contributed by atoms with Gasteiger partial charge in [-0.15, -0.1) is 0 Å². The molecule has 0 aliphatic carbocycles. The number of rotatable bonds is 0. The summed E-state index contributed by atoms with van der Waals surface area (Å²) >= 11 is 1.19. The van der Waals surface area contributed by atoms with Gasteiger partial charge in [-0.1, -0.05) is 11.8 Å². The van der Waals surface area contributed by atoms with E-state index in [1.54, 1.807) is 0 Å². The third-order valence-corrected chi connectivity index (χ3v) is 2.55. The minimum atomic E-state index is -0.0261. The zero-order valence-electron chi connectivity index (χ0n) is 9.53. The molecule has 0 unspecified atom stereocenters. The first-order chi connectivity index (χ1) is 7.46. The third-order valence-electron chi connectivity index (χ3n) is 2.00. The first-order valence-corrected chi connectivity index (χ1v) is 5.74. The first kappa shape index (κ1) is 10.9. The second kappa shape index (κ2) is 3.76. The van der Waals surface area contributed by atoms with Crippen molar-refractivity contribution >= 4 is 28.4 Å². The average molecular weight is 231 g/mol. The van der Waals surface area contributed by atoms with Crippen molar-refractivity contribution in [1.29, 1.82) is 0 Å². The average Bonchev–Trinajstić information content (AvgIpc) is 2.59. The van der Waals surface area contributed by atoms with Crippen molar-refractivity contribution in [3.63, 3.8) is 0 Å². The highest BCUT2D eigenvalue weighted by Crippen LogP contribution is 2.20. The number of aromatic nitrogens is 2. The molecule has 0 atom stereocenters. The van der Waals surface area contributed by atoms with Crippen LogP contribution in [0.5, 0.6) is 0 Å². The van der Waals surface area contributed by atoms with Crippen LogP contribution in [0, 0.1) is 17.3 Å². The quantitative estimate of drug-likeness (QED) is 0.560. The van der Waals surface area contributed by atoms with E-state index in [1.807, 2.05) is 12.1 Å². The standard InChI is InChI=1S/C12H13N3S/c1-12(2,3)5-4-8-6-10-11(7-9(8)13)15-16-14-10/h6-7H,13H2,1-3H3. The first-order valence-electron chi connectivity index (χ1n) is 5.01. The van der Waals surface area contributed by atoms with Crippen molar-refractivity contribution in [2.24, 2.45) is 5.41 Å². The number of hydrogen-bond donors (Lipinski definition) is 1. The van der Waals surface area contributed by atoms with Crippen molar-refractivity contribution < 1.29 is 0 Å². The van der Waals surface area contributed by atoms with Gasteiger partial charge in [0.05, 0.1) is 11.7 Å². The maximum Gasteiger partial charge on any atom is 0.106 e. The van der Waals surface area contributed by atoms with Crippen LogP contribution in [0.4, 0.5) is 5.69 Å². The van der Waals surface area contributed by atoms with Crippen molar-refractivity contribution in [2.75, 3.05) is 5.73 Å². The highest BCUT2D eigenvalue weighted by Gasteiger charge is 2.06. The van der Waals surface area contributed by atoms with Gasteiger partial charge in [0, 0.05) is 16.7 Å². The van der Waals surface area contributed by atoms with Crippen LogP contribution in [0.15, 0.2) is 12.1 Å². The lowest BCUT2D eigenvalue weighted by molar-refractivity contribution is 0.571. The van der Waals surface area contributed by atoms with Crippen molar-refractivity contribution in [3.05, 3.63) is 17.7 Å². The Kier molecular flexibility index (Phi) is 2.56. The molecule has 1 heterocycles. The molecule has 0 amide bonds. The minimum absolute atomic E-state index is 0.0261. The number of anilines is 1. The van der Waals surface area contributed by atoms with Gasteiger partial charge in [-0.2, -0.15) is 8.75 Å². The third kappa shape index (κ3) is 2.31. The lowest BCUT2D eigenvalue weighted by atomic mass is 9.97. The van der Waals surface area contributed by atoms with Crippen LogP contribution < -0.4 is 5.73 Å². The van der Waals surface area contributed by atoms with Crippen LogP contribution in [-0.2, 0) is 0 Å². The Bertz CT molecular complexity index is 582. The van der Waals surface area contributed by atoms with E-state index in [0.29, 0.717) is 5.69 Å². The molecule has 1 aromatic heterocycles. The van der Waals surface area contributed by atoms with Crippen LogP contribution in [0.25, 0.3) is 11.0 Å². The Morgan fingerprint density at radius 1 is 1.19 bits per heavy atom. The van der Waals surface area contributed by atoms with E-state index in [1.165, 1.54) is 11.7 Å². The predicted molar refractivity (Wildman–Crippen MR) is 68.2 cm³/mol. The zero-order valence-corrected chi connectivity index (χ0v) is 10.4. The van der Waals surface area contributed by atoms with Crippen LogP contribution in [0.3, 0.4) is 0 Å². The molecule has 2 N–H and O–H groups in total. The Labute approximate surface area is 99.0 Å². The van der Waals surface area contributed by atoms with E-state index in [4.69, 9.17) is 5.73 Å². The highest BCUT2D eigenvalue weighted by molar-refractivity contribution is 7.00. The summed E-state index contributed by atoms with van der Waals surface area (Å²) in [6.45, 7) is 6.21. The molecule has 0 saturated carbocycles. The van der Waals surface area contributed by atoms with Gasteiger partial charge >= 0.3 is 0 Å². The summed E-state index contributed by atoms with van der Waals surface area (Å²) in [5.74, 6) is 6.26. The molecule has 0 aliphatic rings. The molecule has 1 aromatic carbocycles. The van der Waals surface area contributed by atoms with Gasteiger partial charge < -0.3 is 5.73 Å². The lowest BCUT2D eigenvalue weighted by Gasteiger charge is -2.07. The van der Waals surface area contributed by atoms with Gasteiger partial charge in [-0.3, -0.25) is 0 Å². The minimum Gasteiger partial charge on any atom is -0.398 e. The molecule has 0 radical (unpaired) electrons. The molecule has 4 heteroatoms. The second-order valence-corrected chi connectivity index (χ2v) is 5.22. The van der Waals surface area contributed by atoms with Gasteiger partial charge in [0.15, 0.2) is 0 Å². The van der Waals surface area contributed by atoms with Gasteiger partial charge in [0.2, 0.25) is 0 Å². The molecule has 0 spiro atoms. The molecule has 2 rings (SSSR count). The van der Waals surface area contributed by atoms with Crippen LogP contribution in [0.1, 0.15) is 26.3 Å². The number of hydrogen-bond acceptors (Lipinski definition) is 4. The SMILES string of the molecule is CC(C)(C)C#Cc1cc2nsnc2cc1N. The molecule has 0 bridgehead atoms. The second-order valence-electron chi connectivity index (χ2n) is 4.69. The van der Waals surface area contributed by atoms with Crippen molar-refractivity contribution in [1.82, 2.24) is 8.75 Å². The largest absolute Gasteiger partial charge is 0.398 e. The zero-order chi connectivity index (χ0) is 11.8. The van der Waals surface area contributed by atoms with E-state index in [9.17, 15) is 0 Å². The van der Waals surface area contributed by atoms with E-state index in [0.717, 1.165) is 16.6 Å². The summed E-state index contributed by atoms with van der Waals surface area (Å²) in [5.41, 5.74) is 9.07. The fraction of sp³-hybridized carbons (Fsp3) is 0.333. The van der Waals surface area contributed by atoms with Crippen molar-refractivity contribution in [2.45, 2.75) is 20.8 Å². The monoisotopic (exact) mass is 231 g/mol. The summed E-state index contributed by atoms with van der Waals surface area (Å²) in [5, 5.41) is 0. The fourth-order valence-corrected chi connectivity index (χ4v) is 1.72. The van der Waals surface area contributed by atoms with E-state index >= 15 is 0 Å². The molecule has 82 valence electrons. The normalized spacial score (nSPS) is 11.2. The number of nitrogens with zero attached hydrogens (tertiary/aromatic N) is 2. The lowest BCUT2D eigenvalue weighted by Crippen LogP contribution is -2.00. The maximum absolute atomic E-state index is 5.91. The molecular formula is C12H13N3S. The van der Waals surface area contributed by atoms with E-state index in [2.05, 4.69) is 41.4 Å². The molecule has 3 nitrogen and oxygen atoms in total. The summed E-state index contributed by atoms with van der Waals surface area (Å²) in [4.78, 5) is 0. The predicted octanol–water partition coefficient (Wildman–Crippen LogP) is 2.67. The number of fused-ring (bicyclic) bond motifs is 1. The van der Waals surface area contributed by atoms with Crippen LogP contribution in [-0.4, -0.2) is 8.75 Å². The van der Waals surface area contributed by atoms with Gasteiger partial charge in [-0.05, 0) is 32.9 Å². The maximum atomic E-state index is 5.91. The van der Waals surface area contributed by atoms with Crippen LogP contribution >= 0.6 is 11.7 Å². The summed E-state index contributed by atoms with van der Waals surface area (Å²) in [6, 6.07) is 3.72. The highest BCUT2D eigenvalue weighted by atomic mass is 32.1. The van der Waals surface area contributed by atoms with Crippen LogP contribution in [0.2, 0.25) is 0 Å². The van der Waals surface area contributed by atoms with Crippen molar-refractivity contribution in [3.8, 4) is 11.8 Å². The number of nitrogen functional groups attached to an aromatic ring is 1. The molecule has 0 aliphatic heterocycles. The number of benzene rings is 1. The molecule has 0 saturated heterocycles. The van der Waals surface area contributed by atoms with Gasteiger partial charge in [0.1, 0.15) is 11.0 Å². The summed E-state index contributed by atoms with van der Waals surface area (Å²) in [7, 11) is 0. The molecule has 2 aromatic rings. The fourth-order valence-electron chi connectivity index (χ4n) is 1.21. The Morgan fingerprint density at radius 3 is 2.44 bits per heavy atom. The Morgan fingerprint density at radius 2 is 1.81 bits per heavy atom. The molecular weight excluding hydrogens is 218 g/mol. The summed E-state index contributed by atoms with van der Waals surface area (Å²) < 4.78 is 8.30. The number of nitrogens with two attached hydrogens (primary N) is 1. The molecule has 0 fully saturated rings. The Balaban J connectivity index is 2.50.